The van der Waals surface area contributed by atoms with Crippen LogP contribution in [0.15, 0.2) is 59.7 Å². The molecule has 0 aliphatic carbocycles. The summed E-state index contributed by atoms with van der Waals surface area (Å²) in [6.45, 7) is 6.04. The van der Waals surface area contributed by atoms with Crippen molar-refractivity contribution in [1.82, 2.24) is 15.0 Å². The Hall–Kier alpha value is -3.68. The summed E-state index contributed by atoms with van der Waals surface area (Å²) in [7, 11) is 0. The van der Waals surface area contributed by atoms with E-state index in [0.717, 1.165) is 49.4 Å². The smallest absolute Gasteiger partial charge is 0.250 e. The minimum Gasteiger partial charge on any atom is -0.490 e. The summed E-state index contributed by atoms with van der Waals surface area (Å²) in [4.78, 5) is 15.9. The van der Waals surface area contributed by atoms with E-state index >= 15 is 0 Å². The number of hydrazone groups is 1. The molecule has 8 nitrogen and oxygen atoms in total. The zero-order valence-corrected chi connectivity index (χ0v) is 18.5. The highest BCUT2D eigenvalue weighted by molar-refractivity contribution is 5.83. The standard InChI is InChI=1S/C24H29N7O/c1-3-18(2)32-21-14-8-7-11-19(21)17-25-30-23-27-22(26-20-12-5-4-6-13-20)28-24(29-23)31-15-9-10-16-31/h4-8,11-14,17-18H,3,9-10,15-16H2,1-2H3,(H2,26,27,28,29,30)/b25-17-/t18-/m0/s1. The topological polar surface area (TPSA) is 87.6 Å². The van der Waals surface area contributed by atoms with E-state index in [1.54, 1.807) is 6.21 Å². The first-order valence-corrected chi connectivity index (χ1v) is 11.1. The zero-order valence-electron chi connectivity index (χ0n) is 18.5. The fourth-order valence-corrected chi connectivity index (χ4v) is 3.33. The summed E-state index contributed by atoms with van der Waals surface area (Å²) < 4.78 is 5.99. The SMILES string of the molecule is CC[C@H](C)Oc1ccccc1/C=N\Nc1nc(Nc2ccccc2)nc(N2CCCC2)n1. The normalized spacial score (nSPS) is 14.5. The Labute approximate surface area is 188 Å². The van der Waals surface area contributed by atoms with Gasteiger partial charge in [-0.05, 0) is 50.5 Å². The molecule has 2 heterocycles. The number of aromatic nitrogens is 3. The van der Waals surface area contributed by atoms with E-state index in [1.807, 2.05) is 54.6 Å². The van der Waals surface area contributed by atoms with Crippen molar-refractivity contribution < 1.29 is 4.74 Å². The first-order valence-electron chi connectivity index (χ1n) is 11.1. The molecule has 32 heavy (non-hydrogen) atoms. The number of benzene rings is 2. The second-order valence-corrected chi connectivity index (χ2v) is 7.71. The molecule has 0 spiro atoms. The maximum absolute atomic E-state index is 5.99. The average molecular weight is 432 g/mol. The first-order chi connectivity index (χ1) is 15.7. The van der Waals surface area contributed by atoms with Crippen LogP contribution in [-0.4, -0.2) is 40.4 Å². The van der Waals surface area contributed by atoms with Gasteiger partial charge in [0.05, 0.1) is 12.3 Å². The Kier molecular flexibility index (Phi) is 7.12. The van der Waals surface area contributed by atoms with Crippen molar-refractivity contribution in [2.75, 3.05) is 28.7 Å². The van der Waals surface area contributed by atoms with Gasteiger partial charge in [-0.3, -0.25) is 0 Å². The van der Waals surface area contributed by atoms with Crippen molar-refractivity contribution in [3.8, 4) is 5.75 Å². The molecule has 0 unspecified atom stereocenters. The summed E-state index contributed by atoms with van der Waals surface area (Å²) in [6.07, 6.45) is 5.07. The van der Waals surface area contributed by atoms with Gasteiger partial charge in [0.1, 0.15) is 5.75 Å². The molecule has 2 aromatic carbocycles. The Balaban J connectivity index is 1.54. The van der Waals surface area contributed by atoms with Crippen LogP contribution in [0, 0.1) is 0 Å². The van der Waals surface area contributed by atoms with Crippen molar-refractivity contribution in [3.05, 3.63) is 60.2 Å². The molecule has 8 heteroatoms. The van der Waals surface area contributed by atoms with Crippen LogP contribution in [0.1, 0.15) is 38.7 Å². The van der Waals surface area contributed by atoms with Crippen molar-refractivity contribution in [3.63, 3.8) is 0 Å². The van der Waals surface area contributed by atoms with E-state index < -0.39 is 0 Å². The first kappa shape index (κ1) is 21.5. The van der Waals surface area contributed by atoms with Crippen LogP contribution in [0.5, 0.6) is 5.75 Å². The van der Waals surface area contributed by atoms with Gasteiger partial charge in [0.2, 0.25) is 17.8 Å². The lowest BCUT2D eigenvalue weighted by Gasteiger charge is -2.16. The molecule has 2 N–H and O–H groups in total. The molecule has 1 atom stereocenters. The fraction of sp³-hybridized carbons (Fsp3) is 0.333. The lowest BCUT2D eigenvalue weighted by atomic mass is 10.2. The molecule has 1 aliphatic rings. The molecule has 166 valence electrons. The zero-order chi connectivity index (χ0) is 22.2. The molecule has 0 bridgehead atoms. The van der Waals surface area contributed by atoms with Crippen LogP contribution in [0.3, 0.4) is 0 Å². The van der Waals surface area contributed by atoms with Gasteiger partial charge in [0.25, 0.3) is 0 Å². The summed E-state index contributed by atoms with van der Waals surface area (Å²) in [6, 6.07) is 17.7. The maximum Gasteiger partial charge on any atom is 0.250 e. The molecule has 1 saturated heterocycles. The van der Waals surface area contributed by atoms with Gasteiger partial charge in [-0.2, -0.15) is 20.1 Å². The second kappa shape index (κ2) is 10.6. The summed E-state index contributed by atoms with van der Waals surface area (Å²) in [5.74, 6) is 2.31. The predicted octanol–water partition coefficient (Wildman–Crippen LogP) is 4.84. The molecular formula is C24H29N7O. The fourth-order valence-electron chi connectivity index (χ4n) is 3.33. The van der Waals surface area contributed by atoms with E-state index in [4.69, 9.17) is 4.74 Å². The Morgan fingerprint density at radius 3 is 2.50 bits per heavy atom. The summed E-state index contributed by atoms with van der Waals surface area (Å²) >= 11 is 0. The van der Waals surface area contributed by atoms with Crippen molar-refractivity contribution >= 4 is 29.7 Å². The number of rotatable bonds is 9. The van der Waals surface area contributed by atoms with Gasteiger partial charge in [0.15, 0.2) is 0 Å². The largest absolute Gasteiger partial charge is 0.490 e. The van der Waals surface area contributed by atoms with E-state index in [2.05, 4.69) is 49.5 Å². The minimum absolute atomic E-state index is 0.135. The van der Waals surface area contributed by atoms with Gasteiger partial charge in [-0.25, -0.2) is 5.43 Å². The van der Waals surface area contributed by atoms with Crippen LogP contribution in [0.4, 0.5) is 23.5 Å². The van der Waals surface area contributed by atoms with E-state index in [0.29, 0.717) is 17.8 Å². The Bertz CT molecular complexity index is 1040. The van der Waals surface area contributed by atoms with Crippen molar-refractivity contribution in [2.24, 2.45) is 5.10 Å². The van der Waals surface area contributed by atoms with Crippen molar-refractivity contribution in [1.29, 1.82) is 0 Å². The van der Waals surface area contributed by atoms with Crippen LogP contribution in [-0.2, 0) is 0 Å². The van der Waals surface area contributed by atoms with Crippen LogP contribution >= 0.6 is 0 Å². The molecule has 1 aliphatic heterocycles. The third-order valence-electron chi connectivity index (χ3n) is 5.23. The lowest BCUT2D eigenvalue weighted by molar-refractivity contribution is 0.217. The maximum atomic E-state index is 5.99. The van der Waals surface area contributed by atoms with Gasteiger partial charge >= 0.3 is 0 Å². The Morgan fingerprint density at radius 1 is 1.00 bits per heavy atom. The van der Waals surface area contributed by atoms with Crippen LogP contribution in [0.25, 0.3) is 0 Å². The molecule has 4 rings (SSSR count). The van der Waals surface area contributed by atoms with Crippen molar-refractivity contribution in [2.45, 2.75) is 39.2 Å². The number of hydrogen-bond donors (Lipinski definition) is 2. The number of para-hydroxylation sites is 2. The number of nitrogens with one attached hydrogen (secondary N) is 2. The molecule has 0 saturated carbocycles. The van der Waals surface area contributed by atoms with Gasteiger partial charge in [-0.1, -0.05) is 37.3 Å². The van der Waals surface area contributed by atoms with E-state index in [9.17, 15) is 0 Å². The lowest BCUT2D eigenvalue weighted by Crippen LogP contribution is -2.21. The Morgan fingerprint density at radius 2 is 1.72 bits per heavy atom. The summed E-state index contributed by atoms with van der Waals surface area (Å²) in [5.41, 5.74) is 4.76. The van der Waals surface area contributed by atoms with E-state index in [1.165, 1.54) is 0 Å². The van der Waals surface area contributed by atoms with Gasteiger partial charge in [0, 0.05) is 24.3 Å². The average Bonchev–Trinajstić information content (AvgIpc) is 3.36. The second-order valence-electron chi connectivity index (χ2n) is 7.71. The molecule has 3 aromatic rings. The predicted molar refractivity (Wildman–Crippen MR) is 129 cm³/mol. The monoisotopic (exact) mass is 431 g/mol. The molecular weight excluding hydrogens is 402 g/mol. The highest BCUT2D eigenvalue weighted by Gasteiger charge is 2.17. The summed E-state index contributed by atoms with van der Waals surface area (Å²) in [5, 5.41) is 7.62. The molecule has 0 radical (unpaired) electrons. The van der Waals surface area contributed by atoms with E-state index in [-0.39, 0.29) is 6.10 Å². The van der Waals surface area contributed by atoms with Crippen LogP contribution < -0.4 is 20.4 Å². The van der Waals surface area contributed by atoms with Crippen LogP contribution in [0.2, 0.25) is 0 Å². The quantitative estimate of drug-likeness (QED) is 0.370. The minimum atomic E-state index is 0.135. The van der Waals surface area contributed by atoms with Gasteiger partial charge in [-0.15, -0.1) is 0 Å². The third kappa shape index (κ3) is 5.72. The molecule has 1 aromatic heterocycles. The highest BCUT2D eigenvalue weighted by atomic mass is 16.5. The number of hydrogen-bond acceptors (Lipinski definition) is 8. The third-order valence-corrected chi connectivity index (χ3v) is 5.23. The number of ether oxygens (including phenoxy) is 1. The number of nitrogens with zero attached hydrogens (tertiary/aromatic N) is 5. The van der Waals surface area contributed by atoms with Gasteiger partial charge < -0.3 is 15.0 Å². The number of anilines is 4. The molecule has 1 fully saturated rings. The molecule has 0 amide bonds. The highest BCUT2D eigenvalue weighted by Crippen LogP contribution is 2.21.